The lowest BCUT2D eigenvalue weighted by Gasteiger charge is -2.21. The van der Waals surface area contributed by atoms with Gasteiger partial charge in [-0.1, -0.05) is 45.0 Å². The number of carbonyl (C=O) groups excluding carboxylic acids is 2. The monoisotopic (exact) mass is 289 g/mol. The van der Waals surface area contributed by atoms with Crippen LogP contribution in [-0.4, -0.2) is 24.5 Å². The SMILES string of the molecule is CCOC(=O)C1NC(=O)CC1c1ccc(C(C)(C)C)cc1. The molecule has 1 saturated heterocycles. The molecule has 0 saturated carbocycles. The lowest BCUT2D eigenvalue weighted by molar-refractivity contribution is -0.146. The molecule has 0 spiro atoms. The van der Waals surface area contributed by atoms with Gasteiger partial charge in [0, 0.05) is 12.3 Å². The Kier molecular flexibility index (Phi) is 4.35. The van der Waals surface area contributed by atoms with Crippen LogP contribution in [0.25, 0.3) is 0 Å². The molecule has 1 fully saturated rings. The Bertz CT molecular complexity index is 528. The number of ether oxygens (including phenoxy) is 1. The third kappa shape index (κ3) is 3.43. The summed E-state index contributed by atoms with van der Waals surface area (Å²) in [5.74, 6) is -0.600. The summed E-state index contributed by atoms with van der Waals surface area (Å²) in [6.07, 6.45) is 0.332. The summed E-state index contributed by atoms with van der Waals surface area (Å²) in [5.41, 5.74) is 2.32. The number of nitrogens with one attached hydrogen (secondary N) is 1. The van der Waals surface area contributed by atoms with Crippen molar-refractivity contribution in [3.8, 4) is 0 Å². The average molecular weight is 289 g/mol. The van der Waals surface area contributed by atoms with E-state index in [1.165, 1.54) is 5.56 Å². The van der Waals surface area contributed by atoms with Gasteiger partial charge in [0.15, 0.2) is 0 Å². The molecule has 1 aliphatic rings. The van der Waals surface area contributed by atoms with Gasteiger partial charge in [-0.25, -0.2) is 4.79 Å². The zero-order valence-corrected chi connectivity index (χ0v) is 13.1. The van der Waals surface area contributed by atoms with Gasteiger partial charge in [0.2, 0.25) is 5.91 Å². The molecule has 1 aromatic carbocycles. The van der Waals surface area contributed by atoms with Crippen LogP contribution in [0.1, 0.15) is 51.2 Å². The van der Waals surface area contributed by atoms with Crippen LogP contribution in [0.5, 0.6) is 0 Å². The highest BCUT2D eigenvalue weighted by Crippen LogP contribution is 2.31. The molecule has 0 radical (unpaired) electrons. The van der Waals surface area contributed by atoms with Crippen LogP contribution in [-0.2, 0) is 19.7 Å². The van der Waals surface area contributed by atoms with Crippen LogP contribution in [0.15, 0.2) is 24.3 Å². The third-order valence-electron chi connectivity index (χ3n) is 3.87. The Balaban J connectivity index is 2.23. The second-order valence-electron chi connectivity index (χ2n) is 6.48. The van der Waals surface area contributed by atoms with Crippen LogP contribution in [0.2, 0.25) is 0 Å². The molecule has 1 aliphatic heterocycles. The Hall–Kier alpha value is -1.84. The molecule has 0 bridgehead atoms. The molecule has 0 aromatic heterocycles. The van der Waals surface area contributed by atoms with E-state index < -0.39 is 6.04 Å². The molecule has 2 atom stereocenters. The van der Waals surface area contributed by atoms with E-state index in [4.69, 9.17) is 4.74 Å². The second-order valence-corrected chi connectivity index (χ2v) is 6.48. The van der Waals surface area contributed by atoms with Gasteiger partial charge in [0.05, 0.1) is 6.61 Å². The Labute approximate surface area is 125 Å². The van der Waals surface area contributed by atoms with E-state index in [0.29, 0.717) is 13.0 Å². The van der Waals surface area contributed by atoms with Crippen molar-refractivity contribution in [2.75, 3.05) is 6.61 Å². The number of carbonyl (C=O) groups is 2. The smallest absolute Gasteiger partial charge is 0.329 e. The van der Waals surface area contributed by atoms with E-state index in [2.05, 4.69) is 38.2 Å². The van der Waals surface area contributed by atoms with E-state index in [0.717, 1.165) is 5.56 Å². The van der Waals surface area contributed by atoms with Crippen molar-refractivity contribution in [2.45, 2.75) is 51.5 Å². The molecule has 114 valence electrons. The van der Waals surface area contributed by atoms with E-state index in [1.54, 1.807) is 6.92 Å². The quantitative estimate of drug-likeness (QED) is 0.870. The molecule has 1 amide bonds. The van der Waals surface area contributed by atoms with E-state index in [-0.39, 0.29) is 23.2 Å². The maximum absolute atomic E-state index is 12.0. The van der Waals surface area contributed by atoms with Gasteiger partial charge in [-0.15, -0.1) is 0 Å². The third-order valence-corrected chi connectivity index (χ3v) is 3.87. The molecule has 21 heavy (non-hydrogen) atoms. The fraction of sp³-hybridized carbons (Fsp3) is 0.529. The summed E-state index contributed by atoms with van der Waals surface area (Å²) in [7, 11) is 0. The van der Waals surface area contributed by atoms with Gasteiger partial charge < -0.3 is 10.1 Å². The molecular formula is C17H23NO3. The summed E-state index contributed by atoms with van der Waals surface area (Å²) in [4.78, 5) is 23.6. The van der Waals surface area contributed by atoms with Crippen LogP contribution in [0.4, 0.5) is 0 Å². The number of esters is 1. The first-order valence-electron chi connectivity index (χ1n) is 7.39. The Morgan fingerprint density at radius 2 is 1.90 bits per heavy atom. The molecule has 1 aromatic rings. The van der Waals surface area contributed by atoms with E-state index in [1.807, 2.05) is 12.1 Å². The first-order chi connectivity index (χ1) is 9.82. The Morgan fingerprint density at radius 3 is 2.43 bits per heavy atom. The summed E-state index contributed by atoms with van der Waals surface area (Å²) < 4.78 is 5.05. The minimum Gasteiger partial charge on any atom is -0.464 e. The van der Waals surface area contributed by atoms with Gasteiger partial charge in [-0.2, -0.15) is 0 Å². The van der Waals surface area contributed by atoms with E-state index in [9.17, 15) is 9.59 Å². The van der Waals surface area contributed by atoms with Crippen LogP contribution in [0.3, 0.4) is 0 Å². The van der Waals surface area contributed by atoms with Crippen molar-refractivity contribution in [3.05, 3.63) is 35.4 Å². The predicted molar refractivity (Wildman–Crippen MR) is 81.1 cm³/mol. The molecule has 2 rings (SSSR count). The molecule has 0 aliphatic carbocycles. The number of rotatable bonds is 3. The fourth-order valence-electron chi connectivity index (χ4n) is 2.65. The van der Waals surface area contributed by atoms with Gasteiger partial charge >= 0.3 is 5.97 Å². The normalized spacial score (nSPS) is 22.0. The lowest BCUT2D eigenvalue weighted by Crippen LogP contribution is -2.37. The van der Waals surface area contributed by atoms with Crippen molar-refractivity contribution in [2.24, 2.45) is 0 Å². The molecule has 1 N–H and O–H groups in total. The first kappa shape index (κ1) is 15.5. The molecule has 1 heterocycles. The van der Waals surface area contributed by atoms with Crippen LogP contribution >= 0.6 is 0 Å². The van der Waals surface area contributed by atoms with Gasteiger partial charge in [0.25, 0.3) is 0 Å². The van der Waals surface area contributed by atoms with Crippen molar-refractivity contribution in [3.63, 3.8) is 0 Å². The minimum absolute atomic E-state index is 0.0861. The summed E-state index contributed by atoms with van der Waals surface area (Å²) in [6.45, 7) is 8.56. The van der Waals surface area contributed by atoms with Crippen LogP contribution in [0, 0.1) is 0 Å². The van der Waals surface area contributed by atoms with E-state index >= 15 is 0 Å². The van der Waals surface area contributed by atoms with Crippen molar-refractivity contribution in [1.82, 2.24) is 5.32 Å². The number of hydrogen-bond donors (Lipinski definition) is 1. The zero-order valence-electron chi connectivity index (χ0n) is 13.1. The summed E-state index contributed by atoms with van der Waals surface area (Å²) in [5, 5.41) is 2.72. The highest BCUT2D eigenvalue weighted by molar-refractivity contribution is 5.90. The second kappa shape index (κ2) is 5.88. The average Bonchev–Trinajstić information content (AvgIpc) is 2.80. The topological polar surface area (TPSA) is 55.4 Å². The maximum atomic E-state index is 12.0. The van der Waals surface area contributed by atoms with Crippen molar-refractivity contribution in [1.29, 1.82) is 0 Å². The van der Waals surface area contributed by atoms with Crippen molar-refractivity contribution < 1.29 is 14.3 Å². The zero-order chi connectivity index (χ0) is 15.6. The lowest BCUT2D eigenvalue weighted by atomic mass is 9.84. The summed E-state index contributed by atoms with van der Waals surface area (Å²) in [6, 6.07) is 7.59. The molecule has 4 nitrogen and oxygen atoms in total. The maximum Gasteiger partial charge on any atom is 0.329 e. The number of amides is 1. The number of hydrogen-bond acceptors (Lipinski definition) is 3. The molecular weight excluding hydrogens is 266 g/mol. The Morgan fingerprint density at radius 1 is 1.29 bits per heavy atom. The molecule has 4 heteroatoms. The molecule has 2 unspecified atom stereocenters. The fourth-order valence-corrected chi connectivity index (χ4v) is 2.65. The minimum atomic E-state index is -0.571. The highest BCUT2D eigenvalue weighted by Gasteiger charge is 2.39. The number of benzene rings is 1. The largest absolute Gasteiger partial charge is 0.464 e. The van der Waals surface area contributed by atoms with Gasteiger partial charge in [0.1, 0.15) is 6.04 Å². The van der Waals surface area contributed by atoms with Crippen LogP contribution < -0.4 is 5.32 Å². The van der Waals surface area contributed by atoms with Gasteiger partial charge in [-0.05, 0) is 23.5 Å². The summed E-state index contributed by atoms with van der Waals surface area (Å²) >= 11 is 0. The first-order valence-corrected chi connectivity index (χ1v) is 7.39. The van der Waals surface area contributed by atoms with Gasteiger partial charge in [-0.3, -0.25) is 4.79 Å². The standard InChI is InChI=1S/C17H23NO3/c1-5-21-16(20)15-13(10-14(19)18-15)11-6-8-12(9-7-11)17(2,3)4/h6-9,13,15H,5,10H2,1-4H3,(H,18,19). The van der Waals surface area contributed by atoms with Crippen molar-refractivity contribution >= 4 is 11.9 Å². The highest BCUT2D eigenvalue weighted by atomic mass is 16.5. The predicted octanol–water partition coefficient (Wildman–Crippen LogP) is 2.52.